The minimum Gasteiger partial charge on any atom is -0.493 e. The molecule has 102 heavy (non-hydrogen) atoms. The lowest BCUT2D eigenvalue weighted by Crippen LogP contribution is -2.29. The zero-order valence-corrected chi connectivity index (χ0v) is 63.2. The summed E-state index contributed by atoms with van der Waals surface area (Å²) in [4.78, 5) is 38.3. The van der Waals surface area contributed by atoms with Crippen LogP contribution in [-0.2, 0) is 57.3 Å². The van der Waals surface area contributed by atoms with Crippen LogP contribution in [0, 0.1) is 63.2 Å². The van der Waals surface area contributed by atoms with E-state index in [9.17, 15) is 19.5 Å². The second-order valence-corrected chi connectivity index (χ2v) is 33.5. The molecule has 9 atom stereocenters. The van der Waals surface area contributed by atoms with E-state index in [0.717, 1.165) is 184 Å². The second-order valence-electron chi connectivity index (χ2n) is 33.5. The smallest absolute Gasteiger partial charge is 0.455 e. The van der Waals surface area contributed by atoms with E-state index < -0.39 is 48.2 Å². The van der Waals surface area contributed by atoms with Gasteiger partial charge in [0.05, 0.1) is 50.8 Å². The Balaban J connectivity index is 0.000000136. The number of ether oxygens (including phenoxy) is 8. The standard InChI is InChI=1S/C29H36O4.C28H34O4.C24H30O4.C6H11BO2/c1-17-8-12-21(23-16-22(23)18-9-10-18)26(20-11-13-24-19(15-20)7-6-14-32-24)25(17)27(28(30)31-5)33-29(2,3)4;1-16-7-11-20(22-15-21(22)17-8-9-17)25(24(16)26(27(29)30)32-28(2,3)4)19-10-12-23-18(14-19)6-5-13-31-23;1-15-9-10-16(2)21(22(23(25)26-6)28-24(3,4)5)20(15)18-11-12-19-17(14-18)8-7-13-27-19;8-7(9)6-3-5(6)4-1-2-4/h8,11-13,15,18,22-23,27H,6-7,9-10,14,16H2,1-5H3;7,10-12,14,17,21-22,26H,5-6,8-9,13,15H2,1-4H3,(H,29,30);9-12,14,22H,7-8,13H2,1-6H3;4-6,8-9H,1-3H2/t22-,23?,27?;21-,22?,26?;;5-,6+/m00.0/s1. The number of fused-ring (bicyclic) bond motifs is 3. The fraction of sp³-hybridized carbons (Fsp3) is 0.552. The van der Waals surface area contributed by atoms with Gasteiger partial charge in [0, 0.05) is 16.7 Å². The molecule has 3 aliphatic heterocycles. The molecule has 14 nitrogen and oxygen atoms in total. The van der Waals surface area contributed by atoms with Gasteiger partial charge >= 0.3 is 25.0 Å². The van der Waals surface area contributed by atoms with Crippen molar-refractivity contribution in [3.8, 4) is 50.6 Å². The predicted octanol–water partition coefficient (Wildman–Crippen LogP) is 18.6. The van der Waals surface area contributed by atoms with Crippen molar-refractivity contribution in [3.63, 3.8) is 0 Å². The van der Waals surface area contributed by atoms with Gasteiger partial charge in [-0.3, -0.25) is 0 Å². The van der Waals surface area contributed by atoms with Crippen LogP contribution >= 0.6 is 0 Å². The van der Waals surface area contributed by atoms with Crippen LogP contribution in [0.25, 0.3) is 33.4 Å². The first-order valence-electron chi connectivity index (χ1n) is 37.9. The lowest BCUT2D eigenvalue weighted by atomic mass is 9.81. The fourth-order valence-electron chi connectivity index (χ4n) is 16.4. The first-order valence-corrected chi connectivity index (χ1v) is 37.9. The van der Waals surface area contributed by atoms with Crippen molar-refractivity contribution in [2.24, 2.45) is 35.5 Å². The maximum Gasteiger partial charge on any atom is 0.455 e. The van der Waals surface area contributed by atoms with Crippen LogP contribution < -0.4 is 14.2 Å². The molecule has 3 heterocycles. The van der Waals surface area contributed by atoms with Gasteiger partial charge in [0.2, 0.25) is 0 Å². The predicted molar refractivity (Wildman–Crippen MR) is 400 cm³/mol. The third kappa shape index (κ3) is 17.8. The minimum atomic E-state index is -1.03. The van der Waals surface area contributed by atoms with Crippen molar-refractivity contribution in [3.05, 3.63) is 158 Å². The lowest BCUT2D eigenvalue weighted by Gasteiger charge is -2.30. The number of carbonyl (C=O) groups is 3. The summed E-state index contributed by atoms with van der Waals surface area (Å²) < 4.78 is 46.6. The first-order chi connectivity index (χ1) is 48.5. The van der Waals surface area contributed by atoms with Crippen LogP contribution in [0.5, 0.6) is 17.2 Å². The Morgan fingerprint density at radius 2 is 0.775 bits per heavy atom. The monoisotopic (exact) mass is 1390 g/mol. The Kier molecular flexibility index (Phi) is 22.4. The van der Waals surface area contributed by atoms with E-state index in [-0.39, 0.29) is 17.8 Å². The van der Waals surface area contributed by atoms with E-state index in [4.69, 9.17) is 47.9 Å². The highest BCUT2D eigenvalue weighted by molar-refractivity contribution is 6.44. The molecule has 3 N–H and O–H groups in total. The van der Waals surface area contributed by atoms with Gasteiger partial charge in [0.1, 0.15) is 17.2 Å². The zero-order chi connectivity index (χ0) is 72.9. The number of benzene rings is 6. The molecule has 0 amide bonds. The van der Waals surface area contributed by atoms with Gasteiger partial charge in [-0.05, 0) is 359 Å². The van der Waals surface area contributed by atoms with Crippen molar-refractivity contribution in [1.82, 2.24) is 0 Å². The molecule has 0 radical (unpaired) electrons. The van der Waals surface area contributed by atoms with Crippen LogP contribution in [0.3, 0.4) is 0 Å². The SMILES string of the molecule is COC(=O)C(OC(C)(C)C)c1c(C)ccc(C)c1-c1ccc2c(c1)CCCO2.COC(=O)C(OC(C)(C)C)c1c(C)ccc(C2C[C@H]2C2CC2)c1-c1ccc2c(c1)CCCO2.Cc1ccc(C2C[C@H]2C2CC2)c(-c2ccc3c(c2)CCCO3)c1C(OC(C)(C)C)C(=O)O.OB(O)[C@@H]1C[C@H]1C1CC1. The average molecular weight is 1390 g/mol. The molecule has 6 aliphatic carbocycles. The molecule has 0 aromatic heterocycles. The largest absolute Gasteiger partial charge is 0.493 e. The molecule has 15 heteroatoms. The summed E-state index contributed by atoms with van der Waals surface area (Å²) in [6.45, 7) is 28.1. The third-order valence-corrected chi connectivity index (χ3v) is 21.9. The average Bonchev–Trinajstić information content (AvgIpc) is 1.51. The zero-order valence-electron chi connectivity index (χ0n) is 63.2. The van der Waals surface area contributed by atoms with E-state index in [0.29, 0.717) is 17.8 Å². The van der Waals surface area contributed by atoms with Gasteiger partial charge in [0.15, 0.2) is 18.3 Å². The Bertz CT molecular complexity index is 4040. The summed E-state index contributed by atoms with van der Waals surface area (Å²) >= 11 is 0. The normalized spacial score (nSPS) is 22.3. The van der Waals surface area contributed by atoms with Gasteiger partial charge in [-0.2, -0.15) is 0 Å². The number of rotatable bonds is 18. The number of carboxylic acid groups (broad SMARTS) is 1. The van der Waals surface area contributed by atoms with Gasteiger partial charge in [0.25, 0.3) is 0 Å². The highest BCUT2D eigenvalue weighted by Gasteiger charge is 2.53. The lowest BCUT2D eigenvalue weighted by molar-refractivity contribution is -0.164. The molecular weight excluding hydrogens is 1280 g/mol. The number of hydrogen-bond donors (Lipinski definition) is 3. The van der Waals surface area contributed by atoms with Crippen LogP contribution in [0.15, 0.2) is 91.0 Å². The van der Waals surface area contributed by atoms with E-state index in [1.165, 1.54) is 93.4 Å². The molecule has 5 unspecified atom stereocenters. The summed E-state index contributed by atoms with van der Waals surface area (Å²) in [5, 5.41) is 27.6. The molecule has 0 bridgehead atoms. The van der Waals surface area contributed by atoms with E-state index in [1.807, 2.05) is 88.3 Å². The van der Waals surface area contributed by atoms with Crippen LogP contribution in [0.1, 0.15) is 236 Å². The highest BCUT2D eigenvalue weighted by atomic mass is 16.6. The molecule has 6 saturated carbocycles. The number of hydrogen-bond acceptors (Lipinski definition) is 13. The molecule has 0 spiro atoms. The molecule has 546 valence electrons. The van der Waals surface area contributed by atoms with Gasteiger partial charge in [-0.15, -0.1) is 0 Å². The summed E-state index contributed by atoms with van der Waals surface area (Å²) in [5.41, 5.74) is 18.1. The van der Waals surface area contributed by atoms with Crippen LogP contribution in [0.2, 0.25) is 5.82 Å². The molecule has 6 aromatic carbocycles. The van der Waals surface area contributed by atoms with E-state index >= 15 is 0 Å². The molecule has 9 aliphatic rings. The molecule has 6 fully saturated rings. The summed E-state index contributed by atoms with van der Waals surface area (Å²) in [5.74, 6) is 7.35. The van der Waals surface area contributed by atoms with Gasteiger partial charge in [-0.1, -0.05) is 54.6 Å². The van der Waals surface area contributed by atoms with E-state index in [2.05, 4.69) is 92.7 Å². The second kappa shape index (κ2) is 30.6. The van der Waals surface area contributed by atoms with Crippen LogP contribution in [-0.4, -0.2) is 91.0 Å². The number of methoxy groups -OCH3 is 2. The van der Waals surface area contributed by atoms with E-state index in [1.54, 1.807) is 0 Å². The summed E-state index contributed by atoms with van der Waals surface area (Å²) in [6.07, 6.45) is 15.1. The number of aliphatic carboxylic acids is 1. The number of aryl methyl sites for hydroxylation is 7. The molecule has 15 rings (SSSR count). The maximum absolute atomic E-state index is 13.1. The topological polar surface area (TPSA) is 186 Å². The van der Waals surface area contributed by atoms with Crippen molar-refractivity contribution >= 4 is 25.0 Å². The maximum atomic E-state index is 13.1. The Morgan fingerprint density at radius 3 is 1.12 bits per heavy atom. The van der Waals surface area contributed by atoms with Crippen molar-refractivity contribution in [2.75, 3.05) is 34.0 Å². The van der Waals surface area contributed by atoms with Gasteiger partial charge < -0.3 is 53.0 Å². The molecule has 6 aromatic rings. The quantitative estimate of drug-likeness (QED) is 0.0545. The van der Waals surface area contributed by atoms with Crippen molar-refractivity contribution in [2.45, 2.75) is 239 Å². The minimum absolute atomic E-state index is 0.234. The number of carboxylic acids is 1. The Hall–Kier alpha value is -7.01. The summed E-state index contributed by atoms with van der Waals surface area (Å²) in [7, 11) is 1.82. The Morgan fingerprint density at radius 1 is 0.441 bits per heavy atom. The number of carbonyl (C=O) groups excluding carboxylic acids is 2. The fourth-order valence-corrected chi connectivity index (χ4v) is 16.4. The molecular formula is C87H111BO14. The molecule has 0 saturated heterocycles. The Labute approximate surface area is 606 Å². The third-order valence-electron chi connectivity index (χ3n) is 21.9. The number of esters is 2. The van der Waals surface area contributed by atoms with Crippen LogP contribution in [0.4, 0.5) is 0 Å². The van der Waals surface area contributed by atoms with Crippen molar-refractivity contribution in [1.29, 1.82) is 0 Å². The van der Waals surface area contributed by atoms with Crippen molar-refractivity contribution < 1.29 is 67.4 Å². The first kappa shape index (κ1) is 74.7. The summed E-state index contributed by atoms with van der Waals surface area (Å²) in [6, 6.07) is 32.1. The highest BCUT2D eigenvalue weighted by Crippen LogP contribution is 2.63. The van der Waals surface area contributed by atoms with Gasteiger partial charge in [-0.25, -0.2) is 14.4 Å².